The van der Waals surface area contributed by atoms with Gasteiger partial charge >= 0.3 is 5.97 Å². The first kappa shape index (κ1) is 21.4. The Labute approximate surface area is 182 Å². The molecule has 2 aromatic carbocycles. The lowest BCUT2D eigenvalue weighted by atomic mass is 10.1. The molecule has 0 saturated carbocycles. The van der Waals surface area contributed by atoms with E-state index in [1.807, 2.05) is 0 Å². The lowest BCUT2D eigenvalue weighted by molar-refractivity contribution is -0.139. The lowest BCUT2D eigenvalue weighted by Gasteiger charge is -2.13. The maximum Gasteiger partial charge on any atom is 0.341 e. The third-order valence-corrected chi connectivity index (χ3v) is 5.58. The molecule has 0 unspecified atom stereocenters. The number of halogens is 3. The number of rotatable bonds is 6. The Morgan fingerprint density at radius 2 is 2.03 bits per heavy atom. The van der Waals surface area contributed by atoms with Crippen LogP contribution >= 0.6 is 39.3 Å². The van der Waals surface area contributed by atoms with Crippen molar-refractivity contribution in [2.45, 2.75) is 6.54 Å². The van der Waals surface area contributed by atoms with Crippen molar-refractivity contribution >= 4 is 62.5 Å². The highest BCUT2D eigenvalue weighted by molar-refractivity contribution is 9.10. The van der Waals surface area contributed by atoms with E-state index in [9.17, 15) is 18.8 Å². The fourth-order valence-corrected chi connectivity index (χ4v) is 3.94. The van der Waals surface area contributed by atoms with Crippen LogP contribution in [0.1, 0.15) is 11.1 Å². The maximum atomic E-state index is 13.2. The summed E-state index contributed by atoms with van der Waals surface area (Å²) in [6, 6.07) is 8.58. The molecule has 2 aromatic rings. The monoisotopic (exact) mass is 499 g/mol. The molecule has 1 N–H and O–H groups in total. The van der Waals surface area contributed by atoms with E-state index in [1.165, 1.54) is 18.2 Å². The molecule has 0 bridgehead atoms. The van der Waals surface area contributed by atoms with Crippen molar-refractivity contribution in [2.24, 2.45) is 0 Å². The number of carbonyl (C=O) groups is 3. The number of ether oxygens (including phenoxy) is 1. The van der Waals surface area contributed by atoms with Crippen LogP contribution in [0.5, 0.6) is 5.75 Å². The molecule has 0 aromatic heterocycles. The Balaban J connectivity index is 1.86. The second-order valence-corrected chi connectivity index (χ2v) is 8.18. The van der Waals surface area contributed by atoms with Crippen molar-refractivity contribution in [3.05, 3.63) is 67.7 Å². The summed E-state index contributed by atoms with van der Waals surface area (Å²) in [5, 5.41) is 8.42. The zero-order valence-corrected chi connectivity index (χ0v) is 17.7. The summed E-state index contributed by atoms with van der Waals surface area (Å²) in [6.45, 7) is -0.644. The van der Waals surface area contributed by atoms with E-state index in [4.69, 9.17) is 21.4 Å². The number of nitrogens with zero attached hydrogens (tertiary/aromatic N) is 1. The van der Waals surface area contributed by atoms with Crippen LogP contribution in [0.2, 0.25) is 5.02 Å². The number of thioether (sulfide) groups is 1. The number of amides is 2. The Bertz CT molecular complexity index is 1050. The predicted molar refractivity (Wildman–Crippen MR) is 110 cm³/mol. The summed E-state index contributed by atoms with van der Waals surface area (Å²) in [5.41, 5.74) is 0.871. The average molecular weight is 501 g/mol. The zero-order chi connectivity index (χ0) is 21.1. The fraction of sp³-hybridized carbons (Fsp3) is 0.105. The van der Waals surface area contributed by atoms with E-state index in [0.29, 0.717) is 15.6 Å². The number of carbonyl (C=O) groups excluding carboxylic acids is 2. The molecule has 6 nitrogen and oxygen atoms in total. The van der Waals surface area contributed by atoms with Gasteiger partial charge in [0.05, 0.1) is 11.4 Å². The molecule has 0 atom stereocenters. The van der Waals surface area contributed by atoms with Crippen LogP contribution in [0.3, 0.4) is 0 Å². The van der Waals surface area contributed by atoms with E-state index in [-0.39, 0.29) is 22.2 Å². The van der Waals surface area contributed by atoms with Gasteiger partial charge in [-0.05, 0) is 53.7 Å². The molecular formula is C19H12BrClFNO5S. The summed E-state index contributed by atoms with van der Waals surface area (Å²) in [5.74, 6) is -1.94. The lowest BCUT2D eigenvalue weighted by Crippen LogP contribution is -2.27. The van der Waals surface area contributed by atoms with Crippen LogP contribution in [-0.4, -0.2) is 33.7 Å². The summed E-state index contributed by atoms with van der Waals surface area (Å²) in [6.07, 6.45) is 1.46. The molecule has 1 aliphatic rings. The van der Waals surface area contributed by atoms with Crippen LogP contribution in [0.25, 0.3) is 6.08 Å². The van der Waals surface area contributed by atoms with Crippen molar-refractivity contribution in [3.8, 4) is 5.75 Å². The number of imide groups is 1. The van der Waals surface area contributed by atoms with Gasteiger partial charge in [-0.2, -0.15) is 0 Å². The molecule has 1 fully saturated rings. The summed E-state index contributed by atoms with van der Waals surface area (Å²) >= 11 is 10.0. The molecule has 0 aliphatic carbocycles. The first-order valence-electron chi connectivity index (χ1n) is 8.08. The molecule has 29 heavy (non-hydrogen) atoms. The number of hydrogen-bond donors (Lipinski definition) is 1. The smallest absolute Gasteiger partial charge is 0.341 e. The minimum absolute atomic E-state index is 0.0953. The van der Waals surface area contributed by atoms with Crippen LogP contribution < -0.4 is 4.74 Å². The van der Waals surface area contributed by atoms with Gasteiger partial charge < -0.3 is 9.84 Å². The van der Waals surface area contributed by atoms with Crippen molar-refractivity contribution in [3.63, 3.8) is 0 Å². The molecule has 2 amide bonds. The fourth-order valence-electron chi connectivity index (χ4n) is 2.50. The molecule has 1 saturated heterocycles. The van der Waals surface area contributed by atoms with Crippen molar-refractivity contribution < 1.29 is 28.6 Å². The normalized spacial score (nSPS) is 15.3. The molecular weight excluding hydrogens is 489 g/mol. The van der Waals surface area contributed by atoms with Gasteiger partial charge in [-0.15, -0.1) is 0 Å². The third-order valence-electron chi connectivity index (χ3n) is 3.83. The van der Waals surface area contributed by atoms with E-state index in [1.54, 1.807) is 18.2 Å². The zero-order valence-electron chi connectivity index (χ0n) is 14.5. The topological polar surface area (TPSA) is 83.9 Å². The number of hydrogen-bond acceptors (Lipinski definition) is 5. The Kier molecular flexibility index (Phi) is 6.61. The highest BCUT2D eigenvalue weighted by atomic mass is 79.9. The SMILES string of the molecule is O=C(O)COc1ccc(Br)cc1/C=C1\SC(=O)N(Cc2ccc(F)cc2Cl)C1=O. The van der Waals surface area contributed by atoms with Gasteiger partial charge in [0.25, 0.3) is 11.1 Å². The quantitative estimate of drug-likeness (QED) is 0.566. The van der Waals surface area contributed by atoms with Crippen molar-refractivity contribution in [1.82, 2.24) is 4.90 Å². The predicted octanol–water partition coefficient (Wildman–Crippen LogP) is 4.94. The van der Waals surface area contributed by atoms with Crippen LogP contribution in [0, 0.1) is 5.82 Å². The number of carboxylic acids is 1. The molecule has 1 aliphatic heterocycles. The molecule has 10 heteroatoms. The van der Waals surface area contributed by atoms with Gasteiger partial charge in [0.2, 0.25) is 0 Å². The van der Waals surface area contributed by atoms with E-state index >= 15 is 0 Å². The highest BCUT2D eigenvalue weighted by Crippen LogP contribution is 2.36. The molecule has 0 radical (unpaired) electrons. The minimum Gasteiger partial charge on any atom is -0.481 e. The maximum absolute atomic E-state index is 13.2. The average Bonchev–Trinajstić information content (AvgIpc) is 2.90. The highest BCUT2D eigenvalue weighted by Gasteiger charge is 2.35. The largest absolute Gasteiger partial charge is 0.481 e. The summed E-state index contributed by atoms with van der Waals surface area (Å²) in [7, 11) is 0. The molecule has 3 rings (SSSR count). The van der Waals surface area contributed by atoms with Crippen molar-refractivity contribution in [1.29, 1.82) is 0 Å². The van der Waals surface area contributed by atoms with Crippen LogP contribution in [0.15, 0.2) is 45.8 Å². The van der Waals surface area contributed by atoms with Gasteiger partial charge in [-0.25, -0.2) is 9.18 Å². The number of carboxylic acid groups (broad SMARTS) is 1. The van der Waals surface area contributed by atoms with Crippen LogP contribution in [-0.2, 0) is 16.1 Å². The Hall–Kier alpha value is -2.36. The van der Waals surface area contributed by atoms with Crippen molar-refractivity contribution in [2.75, 3.05) is 6.61 Å². The van der Waals surface area contributed by atoms with Crippen LogP contribution in [0.4, 0.5) is 9.18 Å². The van der Waals surface area contributed by atoms with Gasteiger partial charge in [-0.1, -0.05) is 33.6 Å². The van der Waals surface area contributed by atoms with Gasteiger partial charge in [-0.3, -0.25) is 14.5 Å². The Morgan fingerprint density at radius 1 is 1.28 bits per heavy atom. The molecule has 1 heterocycles. The van der Waals surface area contributed by atoms with Gasteiger partial charge in [0.15, 0.2) is 6.61 Å². The van der Waals surface area contributed by atoms with E-state index < -0.39 is 29.5 Å². The van der Waals surface area contributed by atoms with Gasteiger partial charge in [0.1, 0.15) is 11.6 Å². The third kappa shape index (κ3) is 5.17. The first-order chi connectivity index (χ1) is 13.7. The molecule has 150 valence electrons. The van der Waals surface area contributed by atoms with E-state index in [0.717, 1.165) is 22.7 Å². The molecule has 0 spiro atoms. The number of aliphatic carboxylic acids is 1. The summed E-state index contributed by atoms with van der Waals surface area (Å²) < 4.78 is 19.1. The summed E-state index contributed by atoms with van der Waals surface area (Å²) in [4.78, 5) is 37.0. The van der Waals surface area contributed by atoms with E-state index in [2.05, 4.69) is 15.9 Å². The van der Waals surface area contributed by atoms with Gasteiger partial charge in [0, 0.05) is 15.1 Å². The first-order valence-corrected chi connectivity index (χ1v) is 10.1. The second kappa shape index (κ2) is 8.98. The Morgan fingerprint density at radius 3 is 2.72 bits per heavy atom. The number of benzene rings is 2. The standard InChI is InChI=1S/C19H12BrClFNO5S/c20-12-2-4-15(28-9-17(24)25)11(5-12)6-16-18(26)23(19(27)29-16)8-10-1-3-13(22)7-14(10)21/h1-7H,8-9H2,(H,24,25)/b16-6-. The second-order valence-electron chi connectivity index (χ2n) is 5.87. The minimum atomic E-state index is -1.14.